The highest BCUT2D eigenvalue weighted by molar-refractivity contribution is 5.93. The van der Waals surface area contributed by atoms with Gasteiger partial charge in [0.05, 0.1) is 12.1 Å². The zero-order valence-electron chi connectivity index (χ0n) is 13.6. The van der Waals surface area contributed by atoms with Gasteiger partial charge in [-0.2, -0.15) is 13.2 Å². The number of hydrogen-bond acceptors (Lipinski definition) is 6. The summed E-state index contributed by atoms with van der Waals surface area (Å²) in [6, 6.07) is 3.19. The van der Waals surface area contributed by atoms with Gasteiger partial charge in [-0.1, -0.05) is 0 Å². The molecular weight excluding hydrogens is 391 g/mol. The summed E-state index contributed by atoms with van der Waals surface area (Å²) in [5.41, 5.74) is -0.740. The molecule has 0 aliphatic carbocycles. The minimum atomic E-state index is -4.58. The monoisotopic (exact) mass is 400 g/mol. The van der Waals surface area contributed by atoms with Crippen molar-refractivity contribution in [3.05, 3.63) is 58.8 Å². The van der Waals surface area contributed by atoms with Crippen molar-refractivity contribution in [2.24, 2.45) is 0 Å². The molecule has 2 heterocycles. The fourth-order valence-corrected chi connectivity index (χ4v) is 2.29. The lowest BCUT2D eigenvalue weighted by Crippen LogP contribution is -2.19. The van der Waals surface area contributed by atoms with Crippen LogP contribution in [0.1, 0.15) is 21.5 Å². The topological polar surface area (TPSA) is 106 Å². The summed E-state index contributed by atoms with van der Waals surface area (Å²) in [4.78, 5) is 14.9. The van der Waals surface area contributed by atoms with Crippen LogP contribution in [0, 0.1) is 11.6 Å². The quantitative estimate of drug-likeness (QED) is 0.395. The first-order valence-electron chi connectivity index (χ1n) is 7.43. The van der Waals surface area contributed by atoms with Crippen LogP contribution in [-0.4, -0.2) is 36.3 Å². The first-order chi connectivity index (χ1) is 13.2. The predicted octanol–water partition coefficient (Wildman–Crippen LogP) is 2.20. The van der Waals surface area contributed by atoms with E-state index < -0.39 is 47.0 Å². The maximum Gasteiger partial charge on any atom is 0.417 e. The van der Waals surface area contributed by atoms with Gasteiger partial charge >= 0.3 is 6.18 Å². The van der Waals surface area contributed by atoms with Crippen LogP contribution in [0.15, 0.2) is 30.5 Å². The van der Waals surface area contributed by atoms with Gasteiger partial charge in [-0.15, -0.1) is 5.10 Å². The zero-order valence-corrected chi connectivity index (χ0v) is 13.6. The first-order valence-corrected chi connectivity index (χ1v) is 7.43. The Labute approximate surface area is 152 Å². The van der Waals surface area contributed by atoms with Gasteiger partial charge in [0.25, 0.3) is 5.91 Å². The molecule has 8 nitrogen and oxygen atoms in total. The van der Waals surface area contributed by atoms with E-state index in [0.717, 1.165) is 16.8 Å². The largest absolute Gasteiger partial charge is 0.417 e. The van der Waals surface area contributed by atoms with Gasteiger partial charge in [0.1, 0.15) is 17.3 Å². The number of alkyl halides is 3. The molecule has 3 aromatic rings. The summed E-state index contributed by atoms with van der Waals surface area (Å²) in [5.74, 6) is -3.45. The van der Waals surface area contributed by atoms with Crippen molar-refractivity contribution in [1.29, 1.82) is 0 Å². The number of pyridine rings is 1. The Hall–Kier alpha value is -3.48. The van der Waals surface area contributed by atoms with Gasteiger partial charge in [0.15, 0.2) is 0 Å². The highest BCUT2D eigenvalue weighted by atomic mass is 19.4. The van der Waals surface area contributed by atoms with E-state index >= 15 is 0 Å². The van der Waals surface area contributed by atoms with Gasteiger partial charge in [0.2, 0.25) is 5.82 Å². The van der Waals surface area contributed by atoms with Crippen molar-refractivity contribution in [3.63, 3.8) is 0 Å². The van der Waals surface area contributed by atoms with E-state index in [1.54, 1.807) is 0 Å². The van der Waals surface area contributed by atoms with Gasteiger partial charge in [-0.3, -0.25) is 15.0 Å². The third-order valence-corrected chi connectivity index (χ3v) is 3.66. The number of benzene rings is 1. The maximum absolute atomic E-state index is 14.2. The highest BCUT2D eigenvalue weighted by Crippen LogP contribution is 2.29. The van der Waals surface area contributed by atoms with Crippen LogP contribution in [0.2, 0.25) is 0 Å². The molecule has 0 saturated carbocycles. The molecule has 0 radical (unpaired) electrons. The average molecular weight is 400 g/mol. The molecule has 0 aliphatic heterocycles. The summed E-state index contributed by atoms with van der Waals surface area (Å²) in [6.07, 6.45) is -4.00. The standard InChI is InChI=1S/C15H9F5N6O2/c16-10-3-7(14(27)23-28)4-11(17)9(10)6-26-13(22-24-25-26)12-2-1-8(5-21-12)15(18,19)20/h1-5,28H,6H2,(H,23,27). The molecule has 28 heavy (non-hydrogen) atoms. The lowest BCUT2D eigenvalue weighted by atomic mass is 10.1. The lowest BCUT2D eigenvalue weighted by molar-refractivity contribution is -0.137. The molecule has 1 aromatic carbocycles. The highest BCUT2D eigenvalue weighted by Gasteiger charge is 2.31. The fraction of sp³-hybridized carbons (Fsp3) is 0.133. The molecule has 3 rings (SSSR count). The second-order valence-corrected chi connectivity index (χ2v) is 5.45. The van der Waals surface area contributed by atoms with Crippen LogP contribution in [0.4, 0.5) is 22.0 Å². The molecule has 146 valence electrons. The van der Waals surface area contributed by atoms with E-state index in [1.165, 1.54) is 5.48 Å². The predicted molar refractivity (Wildman–Crippen MR) is 80.8 cm³/mol. The number of hydroxylamine groups is 1. The number of nitrogens with one attached hydrogen (secondary N) is 1. The average Bonchev–Trinajstić information content (AvgIpc) is 3.11. The molecule has 0 spiro atoms. The van der Waals surface area contributed by atoms with E-state index in [4.69, 9.17) is 5.21 Å². The Morgan fingerprint density at radius 1 is 1.18 bits per heavy atom. The van der Waals surface area contributed by atoms with E-state index in [2.05, 4.69) is 20.5 Å². The SMILES string of the molecule is O=C(NO)c1cc(F)c(Cn2nnnc2-c2ccc(C(F)(F)F)cn2)c(F)c1. The first kappa shape index (κ1) is 19.3. The van der Waals surface area contributed by atoms with Crippen LogP contribution >= 0.6 is 0 Å². The summed E-state index contributed by atoms with van der Waals surface area (Å²) >= 11 is 0. The molecule has 0 bridgehead atoms. The van der Waals surface area contributed by atoms with Gasteiger partial charge < -0.3 is 0 Å². The summed E-state index contributed by atoms with van der Waals surface area (Å²) < 4.78 is 67.2. The Kier molecular flexibility index (Phi) is 5.00. The van der Waals surface area contributed by atoms with E-state index in [-0.39, 0.29) is 11.5 Å². The van der Waals surface area contributed by atoms with Crippen molar-refractivity contribution < 1.29 is 32.0 Å². The molecule has 0 fully saturated rings. The minimum absolute atomic E-state index is 0.0462. The molecule has 13 heteroatoms. The number of rotatable bonds is 4. The second-order valence-electron chi connectivity index (χ2n) is 5.45. The molecule has 0 aliphatic rings. The molecule has 1 amide bonds. The third kappa shape index (κ3) is 3.78. The number of carbonyl (C=O) groups excluding carboxylic acids is 1. The Balaban J connectivity index is 1.92. The normalized spacial score (nSPS) is 11.5. The molecule has 2 aromatic heterocycles. The number of hydrogen-bond donors (Lipinski definition) is 2. The fourth-order valence-electron chi connectivity index (χ4n) is 2.29. The number of tetrazole rings is 1. The number of amides is 1. The van der Waals surface area contributed by atoms with E-state index in [0.29, 0.717) is 18.3 Å². The number of halogens is 5. The van der Waals surface area contributed by atoms with Crippen molar-refractivity contribution in [2.75, 3.05) is 0 Å². The molecule has 0 unspecified atom stereocenters. The Morgan fingerprint density at radius 2 is 1.86 bits per heavy atom. The van der Waals surface area contributed by atoms with Crippen LogP contribution in [-0.2, 0) is 12.7 Å². The number of aromatic nitrogens is 5. The van der Waals surface area contributed by atoms with E-state index in [9.17, 15) is 26.7 Å². The zero-order chi connectivity index (χ0) is 20.5. The van der Waals surface area contributed by atoms with Crippen LogP contribution in [0.25, 0.3) is 11.5 Å². The Morgan fingerprint density at radius 3 is 2.39 bits per heavy atom. The molecule has 2 N–H and O–H groups in total. The van der Waals surface area contributed by atoms with Crippen molar-refractivity contribution in [2.45, 2.75) is 12.7 Å². The van der Waals surface area contributed by atoms with Crippen molar-refractivity contribution in [1.82, 2.24) is 30.7 Å². The second kappa shape index (κ2) is 7.26. The molecular formula is C15H9F5N6O2. The van der Waals surface area contributed by atoms with Crippen molar-refractivity contribution >= 4 is 5.91 Å². The number of nitrogens with zero attached hydrogens (tertiary/aromatic N) is 5. The smallest absolute Gasteiger partial charge is 0.288 e. The Bertz CT molecular complexity index is 996. The minimum Gasteiger partial charge on any atom is -0.288 e. The third-order valence-electron chi connectivity index (χ3n) is 3.66. The summed E-state index contributed by atoms with van der Waals surface area (Å²) in [6.45, 7) is -0.524. The molecule has 0 atom stereocenters. The summed E-state index contributed by atoms with van der Waals surface area (Å²) in [7, 11) is 0. The number of carbonyl (C=O) groups is 1. The van der Waals surface area contributed by atoms with Crippen LogP contribution in [0.3, 0.4) is 0 Å². The maximum atomic E-state index is 14.2. The lowest BCUT2D eigenvalue weighted by Gasteiger charge is -2.09. The van der Waals surface area contributed by atoms with Crippen LogP contribution in [0.5, 0.6) is 0 Å². The van der Waals surface area contributed by atoms with Crippen LogP contribution < -0.4 is 5.48 Å². The molecule has 0 saturated heterocycles. The van der Waals surface area contributed by atoms with Gasteiger partial charge in [0, 0.05) is 17.3 Å². The van der Waals surface area contributed by atoms with Gasteiger partial charge in [-0.05, 0) is 34.7 Å². The van der Waals surface area contributed by atoms with Crippen molar-refractivity contribution in [3.8, 4) is 11.5 Å². The van der Waals surface area contributed by atoms with Gasteiger partial charge in [-0.25, -0.2) is 18.9 Å². The van der Waals surface area contributed by atoms with E-state index in [1.807, 2.05) is 0 Å². The summed E-state index contributed by atoms with van der Waals surface area (Å²) in [5, 5.41) is 19.0.